The van der Waals surface area contributed by atoms with Crippen LogP contribution in [0.3, 0.4) is 0 Å². The molecule has 0 saturated heterocycles. The highest BCUT2D eigenvalue weighted by atomic mass is 14.3. The molecule has 0 aromatic carbocycles. The summed E-state index contributed by atoms with van der Waals surface area (Å²) >= 11 is 0. The molecule has 0 N–H and O–H groups in total. The van der Waals surface area contributed by atoms with Crippen molar-refractivity contribution in [1.82, 2.24) is 0 Å². The summed E-state index contributed by atoms with van der Waals surface area (Å²) < 4.78 is 0. The summed E-state index contributed by atoms with van der Waals surface area (Å²) in [6.07, 6.45) is 6.18. The lowest BCUT2D eigenvalue weighted by Gasteiger charge is -2.04. The minimum absolute atomic E-state index is 1.24. The van der Waals surface area contributed by atoms with Crippen LogP contribution in [0.5, 0.6) is 0 Å². The summed E-state index contributed by atoms with van der Waals surface area (Å²) in [6, 6.07) is 0. The van der Waals surface area contributed by atoms with Crippen LogP contribution >= 0.6 is 0 Å². The van der Waals surface area contributed by atoms with Crippen molar-refractivity contribution in [2.45, 2.75) is 26.2 Å². The van der Waals surface area contributed by atoms with E-state index < -0.39 is 0 Å². The molecule has 0 atom stereocenters. The summed E-state index contributed by atoms with van der Waals surface area (Å²) in [5, 5.41) is 0. The molecule has 0 unspecified atom stereocenters. The molecule has 0 heterocycles. The fourth-order valence-electron chi connectivity index (χ4n) is 1.85. The van der Waals surface area contributed by atoms with Crippen molar-refractivity contribution >= 4 is 0 Å². The van der Waals surface area contributed by atoms with Gasteiger partial charge in [0.25, 0.3) is 0 Å². The molecule has 52 valence electrons. The number of fused-ring (bicyclic) bond motifs is 2. The first kappa shape index (κ1) is 5.96. The second kappa shape index (κ2) is 1.85. The van der Waals surface area contributed by atoms with Gasteiger partial charge in [0.05, 0.1) is 0 Å². The Morgan fingerprint density at radius 2 is 2.30 bits per heavy atom. The van der Waals surface area contributed by atoms with E-state index in [1.165, 1.54) is 30.4 Å². The van der Waals surface area contributed by atoms with Gasteiger partial charge in [0.2, 0.25) is 0 Å². The first-order chi connectivity index (χ1) is 4.77. The Bertz CT molecular complexity index is 251. The van der Waals surface area contributed by atoms with Crippen LogP contribution in [0.2, 0.25) is 0 Å². The van der Waals surface area contributed by atoms with Gasteiger partial charge in [-0.25, -0.2) is 0 Å². The van der Waals surface area contributed by atoms with Crippen molar-refractivity contribution in [3.8, 4) is 0 Å². The van der Waals surface area contributed by atoms with Crippen LogP contribution in [0.4, 0.5) is 0 Å². The van der Waals surface area contributed by atoms with Crippen LogP contribution in [-0.4, -0.2) is 0 Å². The molecule has 1 saturated carbocycles. The fourth-order valence-corrected chi connectivity index (χ4v) is 1.85. The summed E-state index contributed by atoms with van der Waals surface area (Å²) in [6.45, 7) is 6.05. The standard InChI is InChI=1S/C10H12/c1-7(2)10-6-8-3-4-9(10)5-8/h6H,1,3-5H2,2H3. The van der Waals surface area contributed by atoms with E-state index in [0.29, 0.717) is 0 Å². The average Bonchev–Trinajstić information content (AvgIpc) is 2.44. The van der Waals surface area contributed by atoms with Crippen molar-refractivity contribution in [3.05, 3.63) is 34.9 Å². The molecular formula is C10H12. The van der Waals surface area contributed by atoms with E-state index >= 15 is 0 Å². The van der Waals surface area contributed by atoms with Crippen molar-refractivity contribution in [2.75, 3.05) is 0 Å². The Hall–Kier alpha value is -0.780. The fraction of sp³-hybridized carbons (Fsp3) is 0.400. The number of rotatable bonds is 1. The highest BCUT2D eigenvalue weighted by Gasteiger charge is 2.21. The lowest BCUT2D eigenvalue weighted by molar-refractivity contribution is 1.02. The molecule has 2 rings (SSSR count). The number of hydrogen-bond acceptors (Lipinski definition) is 0. The van der Waals surface area contributed by atoms with Crippen molar-refractivity contribution in [2.24, 2.45) is 0 Å². The van der Waals surface area contributed by atoms with E-state index in [4.69, 9.17) is 0 Å². The Kier molecular flexibility index (Phi) is 1.10. The van der Waals surface area contributed by atoms with Gasteiger partial charge in [0.15, 0.2) is 0 Å². The predicted octanol–water partition coefficient (Wildman–Crippen LogP) is 2.98. The van der Waals surface area contributed by atoms with Crippen LogP contribution < -0.4 is 0 Å². The molecule has 0 amide bonds. The lowest BCUT2D eigenvalue weighted by atomic mass is 10.0. The smallest absolute Gasteiger partial charge is 0.00958 e. The average molecular weight is 132 g/mol. The second-order valence-electron chi connectivity index (χ2n) is 3.28. The monoisotopic (exact) mass is 132 g/mol. The zero-order valence-electron chi connectivity index (χ0n) is 6.41. The Morgan fingerprint density at radius 3 is 2.60 bits per heavy atom. The van der Waals surface area contributed by atoms with Crippen molar-refractivity contribution in [1.29, 1.82) is 0 Å². The van der Waals surface area contributed by atoms with Gasteiger partial charge in [-0.05, 0) is 31.8 Å². The first-order valence-corrected chi connectivity index (χ1v) is 3.85. The third-order valence-corrected chi connectivity index (χ3v) is 2.38. The van der Waals surface area contributed by atoms with Crippen LogP contribution in [0.25, 0.3) is 0 Å². The highest BCUT2D eigenvalue weighted by molar-refractivity contribution is 5.52. The van der Waals surface area contributed by atoms with E-state index in [2.05, 4.69) is 19.6 Å². The minimum Gasteiger partial charge on any atom is -0.0955 e. The van der Waals surface area contributed by atoms with Gasteiger partial charge in [-0.15, -0.1) is 0 Å². The SMILES string of the molecule is C=C(C)C1=C2CCC(=C1)C2. The molecule has 2 bridgehead atoms. The minimum atomic E-state index is 1.24. The summed E-state index contributed by atoms with van der Waals surface area (Å²) in [5.41, 5.74) is 5.93. The maximum absolute atomic E-state index is 3.95. The normalized spacial score (nSPS) is 21.9. The summed E-state index contributed by atoms with van der Waals surface area (Å²) in [4.78, 5) is 0. The molecule has 2 aliphatic carbocycles. The van der Waals surface area contributed by atoms with Gasteiger partial charge in [-0.1, -0.05) is 29.4 Å². The van der Waals surface area contributed by atoms with Gasteiger partial charge < -0.3 is 0 Å². The number of allylic oxidation sites excluding steroid dienone is 5. The predicted molar refractivity (Wildman–Crippen MR) is 43.8 cm³/mol. The molecule has 0 aliphatic heterocycles. The maximum Gasteiger partial charge on any atom is -0.00958 e. The number of hydrogen-bond donors (Lipinski definition) is 0. The molecular weight excluding hydrogens is 120 g/mol. The molecule has 0 radical (unpaired) electrons. The van der Waals surface area contributed by atoms with Gasteiger partial charge in [-0.2, -0.15) is 0 Å². The van der Waals surface area contributed by atoms with Crippen molar-refractivity contribution < 1.29 is 0 Å². The molecule has 10 heavy (non-hydrogen) atoms. The van der Waals surface area contributed by atoms with E-state index in [-0.39, 0.29) is 0 Å². The first-order valence-electron chi connectivity index (χ1n) is 3.85. The molecule has 0 aromatic heterocycles. The quantitative estimate of drug-likeness (QED) is 0.514. The van der Waals surface area contributed by atoms with E-state index in [1.54, 1.807) is 11.1 Å². The lowest BCUT2D eigenvalue weighted by Crippen LogP contribution is -1.84. The topological polar surface area (TPSA) is 0 Å². The van der Waals surface area contributed by atoms with Gasteiger partial charge >= 0.3 is 0 Å². The zero-order valence-corrected chi connectivity index (χ0v) is 6.41. The van der Waals surface area contributed by atoms with Gasteiger partial charge in [0, 0.05) is 0 Å². The molecule has 0 nitrogen and oxygen atoms in total. The van der Waals surface area contributed by atoms with E-state index in [1.807, 2.05) is 0 Å². The largest absolute Gasteiger partial charge is 0.0955 e. The van der Waals surface area contributed by atoms with Crippen LogP contribution in [0.15, 0.2) is 34.9 Å². The van der Waals surface area contributed by atoms with E-state index in [0.717, 1.165) is 0 Å². The van der Waals surface area contributed by atoms with Gasteiger partial charge in [0.1, 0.15) is 0 Å². The summed E-state index contributed by atoms with van der Waals surface area (Å²) in [5.74, 6) is 0. The molecule has 2 aliphatic rings. The third-order valence-electron chi connectivity index (χ3n) is 2.38. The molecule has 0 heteroatoms. The van der Waals surface area contributed by atoms with Crippen LogP contribution in [0.1, 0.15) is 26.2 Å². The molecule has 1 fully saturated rings. The van der Waals surface area contributed by atoms with Crippen LogP contribution in [-0.2, 0) is 0 Å². The molecule has 0 spiro atoms. The Balaban J connectivity index is 2.40. The summed E-state index contributed by atoms with van der Waals surface area (Å²) in [7, 11) is 0. The second-order valence-corrected chi connectivity index (χ2v) is 3.28. The van der Waals surface area contributed by atoms with Gasteiger partial charge in [-0.3, -0.25) is 0 Å². The van der Waals surface area contributed by atoms with Crippen LogP contribution in [0, 0.1) is 0 Å². The van der Waals surface area contributed by atoms with Crippen molar-refractivity contribution in [3.63, 3.8) is 0 Å². The Labute approximate surface area is 61.9 Å². The highest BCUT2D eigenvalue weighted by Crippen LogP contribution is 2.41. The zero-order chi connectivity index (χ0) is 7.14. The Morgan fingerprint density at radius 1 is 1.50 bits per heavy atom. The molecule has 0 aromatic rings. The maximum atomic E-state index is 3.95. The van der Waals surface area contributed by atoms with E-state index in [9.17, 15) is 0 Å². The third kappa shape index (κ3) is 0.683.